The number of halogens is 1. The predicted octanol–water partition coefficient (Wildman–Crippen LogP) is 6.31. The molecule has 4 aromatic rings. The second-order valence-electron chi connectivity index (χ2n) is 15.9. The number of benzene rings is 4. The Morgan fingerprint density at radius 2 is 0.724 bits per heavy atom. The van der Waals surface area contributed by atoms with Gasteiger partial charge < -0.3 is 43.4 Å². The van der Waals surface area contributed by atoms with Gasteiger partial charge in [-0.1, -0.05) is 61.3 Å². The molecule has 0 atom stereocenters. The molecule has 0 heterocycles. The molecule has 1 N–H and O–H groups in total. The van der Waals surface area contributed by atoms with Gasteiger partial charge in [0.05, 0.1) is 0 Å². The molecule has 0 aromatic heterocycles. The number of hydrogen-bond donors (Lipinski definition) is 1. The summed E-state index contributed by atoms with van der Waals surface area (Å²) in [6, 6.07) is 34.1. The van der Waals surface area contributed by atoms with E-state index in [2.05, 4.69) is 160 Å². The van der Waals surface area contributed by atoms with Gasteiger partial charge in [-0.15, -0.1) is 6.42 Å². The summed E-state index contributed by atoms with van der Waals surface area (Å²) in [5.41, 5.74) is 7.76. The van der Waals surface area contributed by atoms with Crippen LogP contribution in [0.2, 0.25) is 14.8 Å². The Labute approximate surface area is 571 Å². The first-order chi connectivity index (χ1) is 34.4. The van der Waals surface area contributed by atoms with Crippen molar-refractivity contribution in [3.63, 3.8) is 0 Å². The van der Waals surface area contributed by atoms with Crippen LogP contribution in [0.1, 0.15) is 33.4 Å². The number of hydrogen-bond acceptors (Lipinski definition) is 15. The van der Waals surface area contributed by atoms with Gasteiger partial charge in [0.2, 0.25) is 0 Å². The van der Waals surface area contributed by atoms with Gasteiger partial charge in [0, 0.05) is 159 Å². The zero-order chi connectivity index (χ0) is 55.4. The van der Waals surface area contributed by atoms with E-state index in [1.807, 2.05) is 74.7 Å². The molecule has 0 aliphatic heterocycles. The molecular weight excluding hydrogens is 1440 g/mol. The van der Waals surface area contributed by atoms with Gasteiger partial charge in [-0.25, -0.2) is 0 Å². The van der Waals surface area contributed by atoms with Crippen LogP contribution in [0.25, 0.3) is 0 Å². The quantitative estimate of drug-likeness (QED) is 0.0496. The molecular formula is C52H74B3BrN4O11SnY4-8. The normalized spacial score (nSPS) is 8.91. The maximum absolute atomic E-state index is 10.3. The number of ether oxygens (including phenoxy) is 4. The van der Waals surface area contributed by atoms with Crippen molar-refractivity contribution in [2.24, 2.45) is 0 Å². The molecule has 0 saturated carbocycles. The van der Waals surface area contributed by atoms with Gasteiger partial charge in [0.1, 0.15) is 0 Å². The van der Waals surface area contributed by atoms with E-state index in [-0.39, 0.29) is 131 Å². The van der Waals surface area contributed by atoms with E-state index in [1.54, 1.807) is 3.58 Å². The summed E-state index contributed by atoms with van der Waals surface area (Å²) in [6.07, 6.45) is 5.02. The van der Waals surface area contributed by atoms with Gasteiger partial charge in [0.15, 0.2) is 0 Å². The SMILES string of the molecule is CN([CH-]Cc1cc[c]([Sn]([CH3])([CH3])[CH3])cc1)CB=O.CN([CH-]Cc1ccc(Br)cc1)CB=O.CN[CH-]Cc1ccc(C)cc1.CO[C-]=O.CO[C-]=O.CO[C-]=O.CO[C-]=O.Cc1ccc(C[CH-]N(C)CB=O)cc1.[Y].[Y].[Y].[Y]. The molecule has 0 aliphatic rings. The molecule has 0 aliphatic carbocycles. The third-order valence-corrected chi connectivity index (χ3v) is 15.3. The average molecular weight is 1520 g/mol. The second-order valence-corrected chi connectivity index (χ2v) is 31.3. The largest absolute Gasteiger partial charge is 0 e. The molecule has 0 saturated heterocycles. The number of carbonyl (C=O) groups excluding carboxylic acids is 4. The number of nitrogens with zero attached hydrogens (tertiary/aromatic N) is 3. The van der Waals surface area contributed by atoms with Gasteiger partial charge in [0.25, 0.3) is 0 Å². The van der Waals surface area contributed by atoms with Gasteiger partial charge in [-0.05, 0) is 14.0 Å². The zero-order valence-electron chi connectivity index (χ0n) is 46.7. The van der Waals surface area contributed by atoms with Crippen LogP contribution in [-0.2, 0) is 209 Å². The molecule has 0 fully saturated rings. The Balaban J connectivity index is -0.000000122. The van der Waals surface area contributed by atoms with Crippen molar-refractivity contribution in [2.45, 2.75) is 54.3 Å². The Kier molecular flexibility index (Phi) is 81.9. The van der Waals surface area contributed by atoms with Crippen molar-refractivity contribution in [1.82, 2.24) is 20.0 Å². The molecule has 0 amide bonds. The summed E-state index contributed by atoms with van der Waals surface area (Å²) in [4.78, 5) is 48.3. The summed E-state index contributed by atoms with van der Waals surface area (Å²) in [7, 11) is 15.4. The van der Waals surface area contributed by atoms with E-state index in [4.69, 9.17) is 19.2 Å². The first-order valence-electron chi connectivity index (χ1n) is 22.3. The van der Waals surface area contributed by atoms with Crippen molar-refractivity contribution in [1.29, 1.82) is 0 Å². The predicted molar refractivity (Wildman–Crippen MR) is 295 cm³/mol. The molecule has 15 nitrogen and oxygen atoms in total. The maximum atomic E-state index is 10.3. The molecule has 0 spiro atoms. The zero-order valence-corrected chi connectivity index (χ0v) is 62.5. The first-order valence-corrected chi connectivity index (χ1v) is 33.1. The minimum absolute atomic E-state index is 0. The van der Waals surface area contributed by atoms with Crippen LogP contribution in [0.4, 0.5) is 0 Å². The monoisotopic (exact) mass is 1520 g/mol. The van der Waals surface area contributed by atoms with Gasteiger partial charge in [-0.3, -0.25) is 6.54 Å². The average Bonchev–Trinajstić information content (AvgIpc) is 3.38. The fourth-order valence-electron chi connectivity index (χ4n) is 4.79. The minimum atomic E-state index is -1.89. The number of nitrogens with one attached hydrogen (secondary N) is 1. The van der Waals surface area contributed by atoms with Crippen LogP contribution in [0.15, 0.2) is 102 Å². The molecule has 24 heteroatoms. The van der Waals surface area contributed by atoms with E-state index < -0.39 is 18.4 Å². The first kappa shape index (κ1) is 92.3. The van der Waals surface area contributed by atoms with E-state index in [9.17, 15) is 14.1 Å². The number of aryl methyl sites for hydroxylation is 2. The topological polar surface area (TPSA) is 178 Å². The summed E-state index contributed by atoms with van der Waals surface area (Å²) >= 11 is 1.49. The van der Waals surface area contributed by atoms with Crippen LogP contribution >= 0.6 is 15.9 Å². The Hall–Kier alpha value is -0.111. The Morgan fingerprint density at radius 1 is 0.487 bits per heavy atom. The van der Waals surface area contributed by atoms with Crippen molar-refractivity contribution in [3.8, 4) is 0 Å². The smallest absolute Gasteiger partial charge is 0 e. The van der Waals surface area contributed by atoms with Crippen molar-refractivity contribution >= 4 is 85.2 Å². The van der Waals surface area contributed by atoms with Crippen molar-refractivity contribution in [3.05, 3.63) is 161 Å². The minimum Gasteiger partial charge on any atom is 0 e. The van der Waals surface area contributed by atoms with E-state index >= 15 is 0 Å². The standard InChI is InChI=1S/C11H15BNO.C10H12BBrNO.C10H12BNO.C10H14N.4C2H3O2.3CH3.Sn.4Y/c1-10-3-5-11(6-4-10)7-8-13(2)9-12-14;1-13(8-11-14)7-6-9-2-4-10(12)5-3-9;1-12(9-11-13)8-7-10-5-3-2-4-6-10;1-9-3-5-10(6-4-9)7-8-11-2;4*1-4-2-3;;;;;;;;/h3-6,8H,7,9H2,1-2H3;2-5,7H,6,8H2,1H3;3-6,8H,7,9H2,1H3;3-6,8,11H,7H2,1-2H3;4*1H3;3*1H3;;;;;/q8*-1;;;;;;;;. The fraction of sp³-hybridized carbons (Fsp3) is 0.385. The summed E-state index contributed by atoms with van der Waals surface area (Å²) in [6.45, 7) is 17.0. The third kappa shape index (κ3) is 64.7. The number of likely N-dealkylation sites (N-methyl/N-ethyl adjacent to an activating group) is 4. The molecule has 0 bridgehead atoms. The van der Waals surface area contributed by atoms with Crippen molar-refractivity contribution in [2.75, 3.05) is 76.0 Å². The molecule has 408 valence electrons. The number of methoxy groups -OCH3 is 4. The number of rotatable bonds is 23. The van der Waals surface area contributed by atoms with Gasteiger partial charge in [-0.2, -0.15) is 0 Å². The molecule has 4 radical (unpaired) electrons. The van der Waals surface area contributed by atoms with E-state index in [1.165, 1.54) is 87.7 Å². The Bertz CT molecular complexity index is 1850. The fourth-order valence-corrected chi connectivity index (χ4v) is 8.38. The van der Waals surface area contributed by atoms with Crippen LogP contribution in [0.5, 0.6) is 0 Å². The maximum Gasteiger partial charge on any atom is 0 e. The van der Waals surface area contributed by atoms with Gasteiger partial charge >= 0.3 is 289 Å². The van der Waals surface area contributed by atoms with E-state index in [0.29, 0.717) is 19.3 Å². The second kappa shape index (κ2) is 67.4. The van der Waals surface area contributed by atoms with Crippen LogP contribution in [-0.4, -0.2) is 156 Å². The van der Waals surface area contributed by atoms with E-state index in [0.717, 1.165) is 51.6 Å². The van der Waals surface area contributed by atoms with Crippen LogP contribution in [0, 0.1) is 40.0 Å². The van der Waals surface area contributed by atoms with Crippen LogP contribution < -0.4 is 8.90 Å². The molecule has 76 heavy (non-hydrogen) atoms. The molecule has 0 unspecified atom stereocenters. The Morgan fingerprint density at radius 3 is 0.947 bits per heavy atom. The molecule has 4 rings (SSSR count). The summed E-state index contributed by atoms with van der Waals surface area (Å²) in [5.74, 6) is 0. The third-order valence-electron chi connectivity index (χ3n) is 8.85. The summed E-state index contributed by atoms with van der Waals surface area (Å²) in [5, 5.41) is 3.01. The van der Waals surface area contributed by atoms with Crippen molar-refractivity contribution < 1.29 is 183 Å². The molecule has 4 aromatic carbocycles. The summed E-state index contributed by atoms with van der Waals surface area (Å²) < 4.78 is 48.3. The van der Waals surface area contributed by atoms with Crippen LogP contribution in [0.3, 0.4) is 0 Å².